The van der Waals surface area contributed by atoms with Crippen LogP contribution in [0.5, 0.6) is 5.88 Å². The fourth-order valence-corrected chi connectivity index (χ4v) is 2.39. The highest BCUT2D eigenvalue weighted by atomic mass is 127. The third kappa shape index (κ3) is 8.57. The zero-order chi connectivity index (χ0) is 18.6. The summed E-state index contributed by atoms with van der Waals surface area (Å²) in [6.45, 7) is 4.70. The minimum atomic E-state index is 0. The van der Waals surface area contributed by atoms with Crippen molar-refractivity contribution in [3.8, 4) is 5.88 Å². The van der Waals surface area contributed by atoms with Crippen LogP contribution in [-0.2, 0) is 11.3 Å². The summed E-state index contributed by atoms with van der Waals surface area (Å²) in [7, 11) is 3.42. The van der Waals surface area contributed by atoms with Crippen molar-refractivity contribution >= 4 is 29.9 Å². The van der Waals surface area contributed by atoms with E-state index in [0.29, 0.717) is 31.6 Å². The van der Waals surface area contributed by atoms with Crippen LogP contribution in [0.4, 0.5) is 0 Å². The molecule has 0 aliphatic rings. The fraction of sp³-hybridized carbons (Fsp3) is 0.400. The van der Waals surface area contributed by atoms with Crippen LogP contribution in [0.2, 0.25) is 0 Å². The molecule has 0 radical (unpaired) electrons. The number of halogens is 1. The number of aromatic nitrogens is 1. The van der Waals surface area contributed by atoms with Gasteiger partial charge in [0, 0.05) is 39.5 Å². The van der Waals surface area contributed by atoms with E-state index in [-0.39, 0.29) is 24.0 Å². The standard InChI is InChI=1S/C20H28N4O2.HI/c1-16(18-7-5-4-6-8-18)13-23-20(21-2)24-15-17-9-10-19(22-14-17)26-12-11-25-3;/h4-10,14,16H,11-13,15H2,1-3H3,(H2,21,23,24);1H. The van der Waals surface area contributed by atoms with E-state index in [4.69, 9.17) is 9.47 Å². The lowest BCUT2D eigenvalue weighted by Crippen LogP contribution is -2.38. The molecule has 1 aromatic heterocycles. The summed E-state index contributed by atoms with van der Waals surface area (Å²) < 4.78 is 10.4. The lowest BCUT2D eigenvalue weighted by atomic mass is 10.0. The van der Waals surface area contributed by atoms with Gasteiger partial charge in [0.05, 0.1) is 6.61 Å². The lowest BCUT2D eigenvalue weighted by molar-refractivity contribution is 0.143. The largest absolute Gasteiger partial charge is 0.475 e. The van der Waals surface area contributed by atoms with Gasteiger partial charge < -0.3 is 20.1 Å². The molecule has 0 aliphatic heterocycles. The Morgan fingerprint density at radius 1 is 1.11 bits per heavy atom. The Morgan fingerprint density at radius 3 is 2.52 bits per heavy atom. The predicted octanol–water partition coefficient (Wildman–Crippen LogP) is 3.19. The fourth-order valence-electron chi connectivity index (χ4n) is 2.39. The zero-order valence-electron chi connectivity index (χ0n) is 16.1. The number of hydrogen-bond acceptors (Lipinski definition) is 4. The molecule has 0 spiro atoms. The van der Waals surface area contributed by atoms with Crippen molar-refractivity contribution in [1.29, 1.82) is 0 Å². The lowest BCUT2D eigenvalue weighted by Gasteiger charge is -2.16. The minimum Gasteiger partial charge on any atom is -0.475 e. The Bertz CT molecular complexity index is 665. The van der Waals surface area contributed by atoms with E-state index in [1.165, 1.54) is 5.56 Å². The molecule has 2 aromatic rings. The van der Waals surface area contributed by atoms with Crippen LogP contribution < -0.4 is 15.4 Å². The second-order valence-electron chi connectivity index (χ2n) is 5.96. The van der Waals surface area contributed by atoms with Gasteiger partial charge in [0.1, 0.15) is 6.61 Å². The molecule has 1 unspecified atom stereocenters. The van der Waals surface area contributed by atoms with Gasteiger partial charge in [-0.1, -0.05) is 43.3 Å². The van der Waals surface area contributed by atoms with Crippen molar-refractivity contribution in [2.24, 2.45) is 4.99 Å². The number of rotatable bonds is 9. The molecular formula is C20H29IN4O2. The van der Waals surface area contributed by atoms with Crippen LogP contribution in [0.3, 0.4) is 0 Å². The van der Waals surface area contributed by atoms with Gasteiger partial charge in [0.15, 0.2) is 5.96 Å². The molecule has 1 heterocycles. The molecule has 0 aliphatic carbocycles. The molecule has 0 saturated heterocycles. The first-order chi connectivity index (χ1) is 12.7. The van der Waals surface area contributed by atoms with Crippen LogP contribution >= 0.6 is 24.0 Å². The third-order valence-electron chi connectivity index (χ3n) is 3.96. The van der Waals surface area contributed by atoms with E-state index in [9.17, 15) is 0 Å². The van der Waals surface area contributed by atoms with Crippen molar-refractivity contribution in [2.45, 2.75) is 19.4 Å². The highest BCUT2D eigenvalue weighted by Gasteiger charge is 2.06. The number of benzene rings is 1. The Balaban J connectivity index is 0.00000364. The topological polar surface area (TPSA) is 67.8 Å². The smallest absolute Gasteiger partial charge is 0.213 e. The van der Waals surface area contributed by atoms with E-state index >= 15 is 0 Å². The van der Waals surface area contributed by atoms with E-state index in [0.717, 1.165) is 18.1 Å². The number of guanidine groups is 1. The summed E-state index contributed by atoms with van der Waals surface area (Å²) in [5, 5.41) is 6.67. The predicted molar refractivity (Wildman–Crippen MR) is 120 cm³/mol. The quantitative estimate of drug-likeness (QED) is 0.248. The van der Waals surface area contributed by atoms with Crippen LogP contribution in [-0.4, -0.2) is 44.9 Å². The van der Waals surface area contributed by atoms with E-state index in [1.54, 1.807) is 20.4 Å². The maximum absolute atomic E-state index is 5.46. The molecule has 7 heteroatoms. The number of ether oxygens (including phenoxy) is 2. The van der Waals surface area contributed by atoms with Gasteiger partial charge in [-0.05, 0) is 17.0 Å². The summed E-state index contributed by atoms with van der Waals surface area (Å²) in [5.41, 5.74) is 2.37. The molecule has 0 saturated carbocycles. The molecule has 6 nitrogen and oxygen atoms in total. The molecule has 0 bridgehead atoms. The highest BCUT2D eigenvalue weighted by molar-refractivity contribution is 14.0. The third-order valence-corrected chi connectivity index (χ3v) is 3.96. The van der Waals surface area contributed by atoms with Gasteiger partial charge in [-0.3, -0.25) is 4.99 Å². The number of pyridine rings is 1. The molecule has 1 aromatic carbocycles. The van der Waals surface area contributed by atoms with Crippen molar-refractivity contribution in [2.75, 3.05) is 33.9 Å². The summed E-state index contributed by atoms with van der Waals surface area (Å²) >= 11 is 0. The number of hydrogen-bond donors (Lipinski definition) is 2. The van der Waals surface area contributed by atoms with Gasteiger partial charge in [0.25, 0.3) is 0 Å². The second-order valence-corrected chi connectivity index (χ2v) is 5.96. The Kier molecular flexibility index (Phi) is 11.4. The van der Waals surface area contributed by atoms with E-state index < -0.39 is 0 Å². The second kappa shape index (κ2) is 13.3. The number of nitrogens with one attached hydrogen (secondary N) is 2. The zero-order valence-corrected chi connectivity index (χ0v) is 18.5. The Labute approximate surface area is 178 Å². The van der Waals surface area contributed by atoms with Crippen LogP contribution in [0.15, 0.2) is 53.7 Å². The summed E-state index contributed by atoms with van der Waals surface area (Å²) in [5.74, 6) is 1.78. The Hall–Kier alpha value is -1.87. The molecule has 148 valence electrons. The minimum absolute atomic E-state index is 0. The van der Waals surface area contributed by atoms with Crippen LogP contribution in [0.25, 0.3) is 0 Å². The van der Waals surface area contributed by atoms with Crippen molar-refractivity contribution in [3.05, 3.63) is 59.8 Å². The molecule has 0 amide bonds. The number of aliphatic imine (C=N–C) groups is 1. The summed E-state index contributed by atoms with van der Waals surface area (Å²) in [6.07, 6.45) is 1.80. The van der Waals surface area contributed by atoms with Gasteiger partial charge in [-0.15, -0.1) is 24.0 Å². The van der Waals surface area contributed by atoms with Crippen LogP contribution in [0.1, 0.15) is 24.0 Å². The van der Waals surface area contributed by atoms with Crippen molar-refractivity contribution < 1.29 is 9.47 Å². The van der Waals surface area contributed by atoms with Crippen molar-refractivity contribution in [1.82, 2.24) is 15.6 Å². The first-order valence-electron chi connectivity index (χ1n) is 8.79. The first-order valence-corrected chi connectivity index (χ1v) is 8.79. The molecular weight excluding hydrogens is 455 g/mol. The highest BCUT2D eigenvalue weighted by Crippen LogP contribution is 2.13. The van der Waals surface area contributed by atoms with Crippen LogP contribution in [0, 0.1) is 0 Å². The van der Waals surface area contributed by atoms with Gasteiger partial charge in [0.2, 0.25) is 5.88 Å². The maximum atomic E-state index is 5.46. The van der Waals surface area contributed by atoms with Gasteiger partial charge >= 0.3 is 0 Å². The number of nitrogens with zero attached hydrogens (tertiary/aromatic N) is 2. The maximum Gasteiger partial charge on any atom is 0.213 e. The van der Waals surface area contributed by atoms with Gasteiger partial charge in [-0.2, -0.15) is 0 Å². The molecule has 2 rings (SSSR count). The summed E-state index contributed by atoms with van der Waals surface area (Å²) in [4.78, 5) is 8.56. The normalized spacial score (nSPS) is 12.0. The monoisotopic (exact) mass is 484 g/mol. The summed E-state index contributed by atoms with van der Waals surface area (Å²) in [6, 6.07) is 14.3. The average Bonchev–Trinajstić information content (AvgIpc) is 2.70. The molecule has 0 fully saturated rings. The molecule has 1 atom stereocenters. The van der Waals surface area contributed by atoms with Gasteiger partial charge in [-0.25, -0.2) is 4.98 Å². The molecule has 2 N–H and O–H groups in total. The van der Waals surface area contributed by atoms with E-state index in [1.807, 2.05) is 18.2 Å². The Morgan fingerprint density at radius 2 is 1.89 bits per heavy atom. The van der Waals surface area contributed by atoms with Crippen molar-refractivity contribution in [3.63, 3.8) is 0 Å². The number of methoxy groups -OCH3 is 1. The van der Waals surface area contributed by atoms with E-state index in [2.05, 4.69) is 51.8 Å². The average molecular weight is 484 g/mol. The molecule has 27 heavy (non-hydrogen) atoms. The SMILES string of the molecule is CN=C(NCc1ccc(OCCOC)nc1)NCC(C)c1ccccc1.I. The first kappa shape index (κ1) is 23.2.